The van der Waals surface area contributed by atoms with Gasteiger partial charge in [0.1, 0.15) is 0 Å². The molecule has 0 heterocycles. The van der Waals surface area contributed by atoms with Crippen molar-refractivity contribution in [2.24, 2.45) is 11.1 Å². The second-order valence-corrected chi connectivity index (χ2v) is 5.41. The van der Waals surface area contributed by atoms with Crippen LogP contribution in [0.15, 0.2) is 24.3 Å². The number of rotatable bonds is 4. The Morgan fingerprint density at radius 2 is 2.05 bits per heavy atom. The summed E-state index contributed by atoms with van der Waals surface area (Å²) < 4.78 is 0. The highest BCUT2D eigenvalue weighted by Gasteiger charge is 2.39. The van der Waals surface area contributed by atoms with Gasteiger partial charge in [-0.15, -0.1) is 0 Å². The Balaban J connectivity index is 2.19. The van der Waals surface area contributed by atoms with Crippen molar-refractivity contribution in [2.45, 2.75) is 38.7 Å². The van der Waals surface area contributed by atoms with Crippen LogP contribution in [0.3, 0.4) is 0 Å². The number of amides is 1. The fourth-order valence-corrected chi connectivity index (χ4v) is 2.81. The van der Waals surface area contributed by atoms with E-state index in [-0.39, 0.29) is 5.91 Å². The van der Waals surface area contributed by atoms with E-state index < -0.39 is 11.5 Å². The zero-order valence-corrected chi connectivity index (χ0v) is 11.4. The van der Waals surface area contributed by atoms with Crippen LogP contribution in [0.1, 0.15) is 44.3 Å². The Morgan fingerprint density at radius 3 is 2.63 bits per heavy atom. The number of aliphatic hydroxyl groups is 1. The first-order valence-electron chi connectivity index (χ1n) is 6.87. The largest absolute Gasteiger partial charge is 0.389 e. The molecule has 1 saturated carbocycles. The average molecular weight is 262 g/mol. The van der Waals surface area contributed by atoms with E-state index in [4.69, 9.17) is 5.73 Å². The third-order valence-corrected chi connectivity index (χ3v) is 4.09. The van der Waals surface area contributed by atoms with Gasteiger partial charge in [0.2, 0.25) is 5.91 Å². The molecular formula is C15H22N2O2. The summed E-state index contributed by atoms with van der Waals surface area (Å²) in [5.41, 5.74) is 6.81. The minimum atomic E-state index is -0.603. The van der Waals surface area contributed by atoms with Gasteiger partial charge < -0.3 is 16.2 Å². The molecule has 4 heteroatoms. The van der Waals surface area contributed by atoms with Crippen molar-refractivity contribution in [1.29, 1.82) is 0 Å². The van der Waals surface area contributed by atoms with Crippen LogP contribution >= 0.6 is 0 Å². The van der Waals surface area contributed by atoms with Crippen molar-refractivity contribution in [1.82, 2.24) is 0 Å². The van der Waals surface area contributed by atoms with Crippen LogP contribution in [0.2, 0.25) is 0 Å². The van der Waals surface area contributed by atoms with Crippen LogP contribution in [0, 0.1) is 5.41 Å². The van der Waals surface area contributed by atoms with E-state index in [0.29, 0.717) is 12.2 Å². The zero-order chi connectivity index (χ0) is 13.9. The van der Waals surface area contributed by atoms with Gasteiger partial charge in [-0.2, -0.15) is 0 Å². The monoisotopic (exact) mass is 262 g/mol. The average Bonchev–Trinajstić information content (AvgIpc) is 2.89. The van der Waals surface area contributed by atoms with Crippen molar-refractivity contribution in [3.63, 3.8) is 0 Å². The standard InChI is InChI=1S/C15H22N2O2/c1-11(18)12-6-2-3-7-13(12)17-14(19)15(10-16)8-4-5-9-15/h2-3,6-7,11,18H,4-5,8-10,16H2,1H3,(H,17,19). The number of anilines is 1. The Morgan fingerprint density at radius 1 is 1.42 bits per heavy atom. The minimum Gasteiger partial charge on any atom is -0.389 e. The molecule has 0 saturated heterocycles. The highest BCUT2D eigenvalue weighted by atomic mass is 16.3. The zero-order valence-electron chi connectivity index (χ0n) is 11.4. The molecule has 1 fully saturated rings. The molecule has 1 amide bonds. The molecule has 0 spiro atoms. The van der Waals surface area contributed by atoms with E-state index in [1.165, 1.54) is 0 Å². The molecule has 1 aromatic rings. The lowest BCUT2D eigenvalue weighted by molar-refractivity contribution is -0.124. The van der Waals surface area contributed by atoms with E-state index in [9.17, 15) is 9.90 Å². The fourth-order valence-electron chi connectivity index (χ4n) is 2.81. The molecule has 1 aromatic carbocycles. The number of nitrogens with one attached hydrogen (secondary N) is 1. The number of nitrogens with two attached hydrogens (primary N) is 1. The first-order chi connectivity index (χ1) is 9.09. The molecule has 1 aliphatic rings. The number of carbonyl (C=O) groups excluding carboxylic acids is 1. The predicted octanol–water partition coefficient (Wildman–Crippen LogP) is 2.20. The van der Waals surface area contributed by atoms with Crippen LogP contribution in [-0.4, -0.2) is 17.6 Å². The van der Waals surface area contributed by atoms with Crippen molar-refractivity contribution in [3.8, 4) is 0 Å². The maximum atomic E-state index is 12.5. The number of hydrogen-bond donors (Lipinski definition) is 3. The molecule has 19 heavy (non-hydrogen) atoms. The number of benzene rings is 1. The molecular weight excluding hydrogens is 240 g/mol. The summed E-state index contributed by atoms with van der Waals surface area (Å²) in [6.45, 7) is 2.08. The molecule has 1 atom stereocenters. The Bertz CT molecular complexity index is 451. The van der Waals surface area contributed by atoms with E-state index in [2.05, 4.69) is 5.32 Å². The maximum absolute atomic E-state index is 12.5. The van der Waals surface area contributed by atoms with Crippen molar-refractivity contribution in [2.75, 3.05) is 11.9 Å². The quantitative estimate of drug-likeness (QED) is 0.778. The summed E-state index contributed by atoms with van der Waals surface area (Å²) in [5, 5.41) is 12.7. The highest BCUT2D eigenvalue weighted by molar-refractivity contribution is 5.96. The Labute approximate surface area is 114 Å². The molecule has 1 unspecified atom stereocenters. The summed E-state index contributed by atoms with van der Waals surface area (Å²) in [5.74, 6) is -0.0133. The second-order valence-electron chi connectivity index (χ2n) is 5.41. The third-order valence-electron chi connectivity index (χ3n) is 4.09. The number of carbonyl (C=O) groups is 1. The van der Waals surface area contributed by atoms with Gasteiger partial charge in [-0.1, -0.05) is 31.0 Å². The second kappa shape index (κ2) is 5.72. The van der Waals surface area contributed by atoms with Crippen molar-refractivity contribution >= 4 is 11.6 Å². The molecule has 0 aliphatic heterocycles. The van der Waals surface area contributed by atoms with Crippen molar-refractivity contribution < 1.29 is 9.90 Å². The van der Waals surface area contributed by atoms with E-state index in [0.717, 1.165) is 31.2 Å². The molecule has 4 N–H and O–H groups in total. The highest BCUT2D eigenvalue weighted by Crippen LogP contribution is 2.38. The summed E-state index contributed by atoms with van der Waals surface area (Å²) in [6, 6.07) is 7.35. The van der Waals surface area contributed by atoms with Gasteiger partial charge in [-0.3, -0.25) is 4.79 Å². The van der Waals surface area contributed by atoms with Gasteiger partial charge in [0.25, 0.3) is 0 Å². The number of hydrogen-bond acceptors (Lipinski definition) is 3. The number of aliphatic hydroxyl groups excluding tert-OH is 1. The van der Waals surface area contributed by atoms with Gasteiger partial charge in [0.15, 0.2) is 0 Å². The molecule has 104 valence electrons. The van der Waals surface area contributed by atoms with E-state index in [1.54, 1.807) is 6.92 Å². The molecule has 1 aliphatic carbocycles. The third kappa shape index (κ3) is 2.80. The van der Waals surface area contributed by atoms with Crippen LogP contribution in [0.5, 0.6) is 0 Å². The molecule has 2 rings (SSSR count). The summed E-state index contributed by atoms with van der Waals surface area (Å²) in [6.07, 6.45) is 3.22. The van der Waals surface area contributed by atoms with Crippen LogP contribution in [0.25, 0.3) is 0 Å². The normalized spacial score (nSPS) is 19.1. The molecule has 4 nitrogen and oxygen atoms in total. The van der Waals surface area contributed by atoms with Crippen molar-refractivity contribution in [3.05, 3.63) is 29.8 Å². The number of para-hydroxylation sites is 1. The van der Waals surface area contributed by atoms with Gasteiger partial charge in [0, 0.05) is 17.8 Å². The Kier molecular flexibility index (Phi) is 4.22. The van der Waals surface area contributed by atoms with Gasteiger partial charge in [-0.25, -0.2) is 0 Å². The van der Waals surface area contributed by atoms with Gasteiger partial charge in [-0.05, 0) is 25.8 Å². The summed E-state index contributed by atoms with van der Waals surface area (Å²) in [4.78, 5) is 12.5. The maximum Gasteiger partial charge on any atom is 0.231 e. The predicted molar refractivity (Wildman–Crippen MR) is 75.7 cm³/mol. The lowest BCUT2D eigenvalue weighted by atomic mass is 9.85. The van der Waals surface area contributed by atoms with Gasteiger partial charge in [0.05, 0.1) is 11.5 Å². The lowest BCUT2D eigenvalue weighted by Gasteiger charge is -2.26. The lowest BCUT2D eigenvalue weighted by Crippen LogP contribution is -2.40. The van der Waals surface area contributed by atoms with E-state index >= 15 is 0 Å². The smallest absolute Gasteiger partial charge is 0.231 e. The van der Waals surface area contributed by atoms with Crippen LogP contribution < -0.4 is 11.1 Å². The first-order valence-corrected chi connectivity index (χ1v) is 6.87. The molecule has 0 bridgehead atoms. The van der Waals surface area contributed by atoms with Crippen LogP contribution in [0.4, 0.5) is 5.69 Å². The Hall–Kier alpha value is -1.39. The van der Waals surface area contributed by atoms with Gasteiger partial charge >= 0.3 is 0 Å². The summed E-state index contributed by atoms with van der Waals surface area (Å²) in [7, 11) is 0. The fraction of sp³-hybridized carbons (Fsp3) is 0.533. The van der Waals surface area contributed by atoms with E-state index in [1.807, 2.05) is 24.3 Å². The minimum absolute atomic E-state index is 0.0133. The SMILES string of the molecule is CC(O)c1ccccc1NC(=O)C1(CN)CCCC1. The summed E-state index contributed by atoms with van der Waals surface area (Å²) >= 11 is 0. The van der Waals surface area contributed by atoms with Crippen LogP contribution in [-0.2, 0) is 4.79 Å². The molecule has 0 aromatic heterocycles. The first kappa shape index (κ1) is 14.0. The topological polar surface area (TPSA) is 75.3 Å². The molecule has 0 radical (unpaired) electrons.